The van der Waals surface area contributed by atoms with Crippen molar-refractivity contribution in [1.29, 1.82) is 0 Å². The van der Waals surface area contributed by atoms with Crippen LogP contribution in [0.25, 0.3) is 11.0 Å². The fourth-order valence-corrected chi connectivity index (χ4v) is 3.14. The highest BCUT2D eigenvalue weighted by Crippen LogP contribution is 2.18. The van der Waals surface area contributed by atoms with Gasteiger partial charge in [0.25, 0.3) is 0 Å². The molecule has 20 heavy (non-hydrogen) atoms. The molecule has 2 aromatic rings. The van der Waals surface area contributed by atoms with Crippen LogP contribution in [-0.4, -0.2) is 22.6 Å². The number of aryl methyl sites for hydroxylation is 2. The molecular weight excluding hydrogens is 246 g/mol. The number of nitrogens with zero attached hydrogens (tertiary/aromatic N) is 1. The summed E-state index contributed by atoms with van der Waals surface area (Å²) in [5.74, 6) is 1.10. The number of H-pyrrole nitrogens is 1. The highest BCUT2D eigenvalue weighted by atomic mass is 14.9. The van der Waals surface area contributed by atoms with Crippen molar-refractivity contribution in [1.82, 2.24) is 15.3 Å². The van der Waals surface area contributed by atoms with Crippen LogP contribution in [0.4, 0.5) is 0 Å². The van der Waals surface area contributed by atoms with Gasteiger partial charge in [-0.25, -0.2) is 4.98 Å². The number of rotatable bonds is 4. The van der Waals surface area contributed by atoms with Gasteiger partial charge in [0.2, 0.25) is 0 Å². The maximum atomic E-state index is 4.70. The Morgan fingerprint density at radius 2 is 1.90 bits per heavy atom. The molecule has 1 saturated carbocycles. The van der Waals surface area contributed by atoms with E-state index in [9.17, 15) is 0 Å². The highest BCUT2D eigenvalue weighted by Gasteiger charge is 2.12. The molecule has 0 spiro atoms. The molecule has 2 N–H and O–H groups in total. The lowest BCUT2D eigenvalue weighted by Crippen LogP contribution is -2.32. The minimum atomic E-state index is 0.734. The van der Waals surface area contributed by atoms with Gasteiger partial charge in [-0.05, 0) is 49.9 Å². The van der Waals surface area contributed by atoms with Crippen LogP contribution in [-0.2, 0) is 6.42 Å². The van der Waals surface area contributed by atoms with Crippen molar-refractivity contribution in [3.8, 4) is 0 Å². The molecule has 108 valence electrons. The minimum Gasteiger partial charge on any atom is -0.342 e. The first-order valence-corrected chi connectivity index (χ1v) is 7.91. The maximum Gasteiger partial charge on any atom is 0.108 e. The summed E-state index contributed by atoms with van der Waals surface area (Å²) in [5, 5.41) is 3.68. The number of imidazole rings is 1. The van der Waals surface area contributed by atoms with Crippen LogP contribution in [0.5, 0.6) is 0 Å². The van der Waals surface area contributed by atoms with Crippen LogP contribution < -0.4 is 5.32 Å². The molecule has 1 fully saturated rings. The van der Waals surface area contributed by atoms with Crippen LogP contribution in [0.2, 0.25) is 0 Å². The molecule has 3 heteroatoms. The van der Waals surface area contributed by atoms with Gasteiger partial charge in [-0.15, -0.1) is 0 Å². The van der Waals surface area contributed by atoms with Crippen molar-refractivity contribution >= 4 is 11.0 Å². The molecule has 0 atom stereocenters. The summed E-state index contributed by atoms with van der Waals surface area (Å²) in [6, 6.07) is 5.12. The SMILES string of the molecule is Cc1cc2nc(CCNC3CCCCC3)[nH]c2cc1C. The Bertz CT molecular complexity index is 540. The van der Waals surface area contributed by atoms with Crippen molar-refractivity contribution in [3.63, 3.8) is 0 Å². The topological polar surface area (TPSA) is 40.7 Å². The molecule has 0 bridgehead atoms. The Kier molecular flexibility index (Phi) is 4.06. The van der Waals surface area contributed by atoms with Gasteiger partial charge in [0, 0.05) is 19.0 Å². The van der Waals surface area contributed by atoms with Crippen molar-refractivity contribution in [2.45, 2.75) is 58.4 Å². The van der Waals surface area contributed by atoms with Crippen molar-refractivity contribution in [2.24, 2.45) is 0 Å². The van der Waals surface area contributed by atoms with Crippen LogP contribution in [0.1, 0.15) is 49.1 Å². The van der Waals surface area contributed by atoms with Gasteiger partial charge in [0.1, 0.15) is 5.82 Å². The summed E-state index contributed by atoms with van der Waals surface area (Å²) in [5.41, 5.74) is 4.91. The van der Waals surface area contributed by atoms with E-state index in [0.717, 1.165) is 30.3 Å². The molecular formula is C17H25N3. The van der Waals surface area contributed by atoms with E-state index in [1.165, 1.54) is 48.7 Å². The van der Waals surface area contributed by atoms with Crippen LogP contribution >= 0.6 is 0 Å². The standard InChI is InChI=1S/C17H25N3/c1-12-10-15-16(11-13(12)2)20-17(19-15)8-9-18-14-6-4-3-5-7-14/h10-11,14,18H,3-9H2,1-2H3,(H,19,20). The Morgan fingerprint density at radius 3 is 2.70 bits per heavy atom. The summed E-state index contributed by atoms with van der Waals surface area (Å²) in [7, 11) is 0. The van der Waals surface area contributed by atoms with E-state index in [1.807, 2.05) is 0 Å². The van der Waals surface area contributed by atoms with Gasteiger partial charge < -0.3 is 10.3 Å². The maximum absolute atomic E-state index is 4.70. The van der Waals surface area contributed by atoms with E-state index in [2.05, 4.69) is 36.3 Å². The fourth-order valence-electron chi connectivity index (χ4n) is 3.14. The van der Waals surface area contributed by atoms with Crippen molar-refractivity contribution < 1.29 is 0 Å². The second-order valence-corrected chi connectivity index (χ2v) is 6.18. The van der Waals surface area contributed by atoms with Crippen molar-refractivity contribution in [2.75, 3.05) is 6.54 Å². The van der Waals surface area contributed by atoms with Gasteiger partial charge in [-0.2, -0.15) is 0 Å². The zero-order chi connectivity index (χ0) is 13.9. The molecule has 1 heterocycles. The summed E-state index contributed by atoms with van der Waals surface area (Å²) in [6.07, 6.45) is 7.88. The zero-order valence-electron chi connectivity index (χ0n) is 12.6. The summed E-state index contributed by atoms with van der Waals surface area (Å²) >= 11 is 0. The van der Waals surface area contributed by atoms with E-state index in [-0.39, 0.29) is 0 Å². The summed E-state index contributed by atoms with van der Waals surface area (Å²) in [4.78, 5) is 8.15. The van der Waals surface area contributed by atoms with Gasteiger partial charge in [-0.3, -0.25) is 0 Å². The van der Waals surface area contributed by atoms with E-state index in [1.54, 1.807) is 0 Å². The number of aromatic amines is 1. The molecule has 0 saturated heterocycles. The molecule has 3 nitrogen and oxygen atoms in total. The van der Waals surface area contributed by atoms with Crippen molar-refractivity contribution in [3.05, 3.63) is 29.1 Å². The normalized spacial score (nSPS) is 16.9. The smallest absolute Gasteiger partial charge is 0.108 e. The summed E-state index contributed by atoms with van der Waals surface area (Å²) < 4.78 is 0. The second-order valence-electron chi connectivity index (χ2n) is 6.18. The molecule has 0 radical (unpaired) electrons. The Labute approximate surface area is 121 Å². The first-order chi connectivity index (χ1) is 9.72. The molecule has 1 aliphatic rings. The average Bonchev–Trinajstić information content (AvgIpc) is 2.82. The average molecular weight is 271 g/mol. The molecule has 0 amide bonds. The largest absolute Gasteiger partial charge is 0.342 e. The minimum absolute atomic E-state index is 0.734. The van der Waals surface area contributed by atoms with Gasteiger partial charge >= 0.3 is 0 Å². The van der Waals surface area contributed by atoms with E-state index in [4.69, 9.17) is 4.98 Å². The van der Waals surface area contributed by atoms with Gasteiger partial charge in [-0.1, -0.05) is 19.3 Å². The zero-order valence-corrected chi connectivity index (χ0v) is 12.6. The third-order valence-corrected chi connectivity index (χ3v) is 4.55. The number of nitrogens with one attached hydrogen (secondary N) is 2. The number of benzene rings is 1. The Hall–Kier alpha value is -1.35. The number of aromatic nitrogens is 2. The predicted molar refractivity (Wildman–Crippen MR) is 84.1 cm³/mol. The number of fused-ring (bicyclic) bond motifs is 1. The fraction of sp³-hybridized carbons (Fsp3) is 0.588. The van der Waals surface area contributed by atoms with E-state index in [0.29, 0.717) is 0 Å². The lowest BCUT2D eigenvalue weighted by molar-refractivity contribution is 0.375. The van der Waals surface area contributed by atoms with E-state index < -0.39 is 0 Å². The quantitative estimate of drug-likeness (QED) is 0.891. The van der Waals surface area contributed by atoms with Crippen LogP contribution in [0.3, 0.4) is 0 Å². The lowest BCUT2D eigenvalue weighted by Gasteiger charge is -2.22. The van der Waals surface area contributed by atoms with E-state index >= 15 is 0 Å². The summed E-state index contributed by atoms with van der Waals surface area (Å²) in [6.45, 7) is 5.33. The van der Waals surface area contributed by atoms with Crippen LogP contribution in [0, 0.1) is 13.8 Å². The third kappa shape index (κ3) is 3.04. The predicted octanol–water partition coefficient (Wildman–Crippen LogP) is 3.64. The number of hydrogen-bond donors (Lipinski definition) is 2. The molecule has 0 aliphatic heterocycles. The van der Waals surface area contributed by atoms with Gasteiger partial charge in [0.05, 0.1) is 11.0 Å². The Balaban J connectivity index is 1.60. The molecule has 1 aliphatic carbocycles. The molecule has 1 aromatic heterocycles. The Morgan fingerprint density at radius 1 is 1.15 bits per heavy atom. The lowest BCUT2D eigenvalue weighted by atomic mass is 9.95. The van der Waals surface area contributed by atoms with Gasteiger partial charge in [0.15, 0.2) is 0 Å². The highest BCUT2D eigenvalue weighted by molar-refractivity contribution is 5.77. The monoisotopic (exact) mass is 271 g/mol. The molecule has 0 unspecified atom stereocenters. The second kappa shape index (κ2) is 5.96. The third-order valence-electron chi connectivity index (χ3n) is 4.55. The molecule has 1 aromatic carbocycles. The first kappa shape index (κ1) is 13.6. The number of hydrogen-bond acceptors (Lipinski definition) is 2. The molecule has 3 rings (SSSR count). The first-order valence-electron chi connectivity index (χ1n) is 7.91. The van der Waals surface area contributed by atoms with Crippen LogP contribution in [0.15, 0.2) is 12.1 Å².